The molecule has 1 aliphatic rings. The first-order valence-electron chi connectivity index (χ1n) is 8.59. The summed E-state index contributed by atoms with van der Waals surface area (Å²) in [6.45, 7) is 6.08. The van der Waals surface area contributed by atoms with Gasteiger partial charge in [-0.15, -0.1) is 0 Å². The molecule has 0 bridgehead atoms. The van der Waals surface area contributed by atoms with Crippen LogP contribution in [0.1, 0.15) is 12.6 Å². The van der Waals surface area contributed by atoms with E-state index in [0.29, 0.717) is 11.1 Å². The Hall–Kier alpha value is -2.25. The van der Waals surface area contributed by atoms with E-state index in [1.54, 1.807) is 13.1 Å². The van der Waals surface area contributed by atoms with Gasteiger partial charge in [0.2, 0.25) is 5.91 Å². The van der Waals surface area contributed by atoms with Crippen LogP contribution in [0.4, 0.5) is 0 Å². The van der Waals surface area contributed by atoms with Gasteiger partial charge in [-0.25, -0.2) is 4.68 Å². The molecular formula is C18H24N4O3. The summed E-state index contributed by atoms with van der Waals surface area (Å²) in [4.78, 5) is 26.9. The number of carbonyl (C=O) groups excluding carboxylic acids is 1. The van der Waals surface area contributed by atoms with Crippen LogP contribution in [-0.2, 0) is 23.0 Å². The predicted octanol–water partition coefficient (Wildman–Crippen LogP) is 0.313. The van der Waals surface area contributed by atoms with Gasteiger partial charge in [0.15, 0.2) is 0 Å². The maximum atomic E-state index is 12.4. The van der Waals surface area contributed by atoms with Gasteiger partial charge >= 0.3 is 0 Å². The molecular weight excluding hydrogens is 320 g/mol. The molecule has 3 rings (SSSR count). The van der Waals surface area contributed by atoms with Crippen molar-refractivity contribution in [1.29, 1.82) is 0 Å². The second-order valence-corrected chi connectivity index (χ2v) is 6.48. The number of hydrogen-bond acceptors (Lipinski definition) is 5. The first-order valence-corrected chi connectivity index (χ1v) is 8.59. The molecule has 0 spiro atoms. The minimum atomic E-state index is -0.152. The number of fused-ring (bicyclic) bond motifs is 1. The highest BCUT2D eigenvalue weighted by Crippen LogP contribution is 2.13. The lowest BCUT2D eigenvalue weighted by molar-refractivity contribution is -0.121. The summed E-state index contributed by atoms with van der Waals surface area (Å²) in [6, 6.07) is 7.32. The normalized spacial score (nSPS) is 16.7. The van der Waals surface area contributed by atoms with Crippen LogP contribution in [-0.4, -0.2) is 59.5 Å². The van der Waals surface area contributed by atoms with Crippen molar-refractivity contribution in [3.63, 3.8) is 0 Å². The lowest BCUT2D eigenvalue weighted by Gasteiger charge is -2.29. The highest BCUT2D eigenvalue weighted by molar-refractivity contribution is 5.88. The number of nitrogens with one attached hydrogen (secondary N) is 1. The second-order valence-electron chi connectivity index (χ2n) is 6.48. The van der Waals surface area contributed by atoms with Gasteiger partial charge in [-0.1, -0.05) is 18.2 Å². The van der Waals surface area contributed by atoms with E-state index in [0.717, 1.165) is 38.2 Å². The lowest BCUT2D eigenvalue weighted by Crippen LogP contribution is -2.46. The van der Waals surface area contributed by atoms with E-state index in [2.05, 4.69) is 15.3 Å². The van der Waals surface area contributed by atoms with Crippen molar-refractivity contribution in [1.82, 2.24) is 20.0 Å². The molecule has 25 heavy (non-hydrogen) atoms. The Morgan fingerprint density at radius 3 is 2.68 bits per heavy atom. The minimum Gasteiger partial charge on any atom is -0.379 e. The summed E-state index contributed by atoms with van der Waals surface area (Å²) in [7, 11) is 1.61. The van der Waals surface area contributed by atoms with Gasteiger partial charge in [-0.2, -0.15) is 5.10 Å². The van der Waals surface area contributed by atoms with E-state index >= 15 is 0 Å². The van der Waals surface area contributed by atoms with Gasteiger partial charge in [0, 0.05) is 38.1 Å². The molecule has 2 aromatic rings. The number of aryl methyl sites for hydroxylation is 1. The Kier molecular flexibility index (Phi) is 5.45. The molecule has 1 aliphatic heterocycles. The van der Waals surface area contributed by atoms with E-state index < -0.39 is 0 Å². The van der Waals surface area contributed by atoms with Crippen LogP contribution in [0.3, 0.4) is 0 Å². The van der Waals surface area contributed by atoms with E-state index in [9.17, 15) is 9.59 Å². The van der Waals surface area contributed by atoms with Gasteiger partial charge in [-0.05, 0) is 13.0 Å². The maximum Gasteiger partial charge on any atom is 0.274 e. The molecule has 0 saturated carbocycles. The third-order valence-electron chi connectivity index (χ3n) is 4.40. The third kappa shape index (κ3) is 4.24. The number of carbonyl (C=O) groups is 1. The Balaban J connectivity index is 1.67. The maximum absolute atomic E-state index is 12.4. The lowest BCUT2D eigenvalue weighted by atomic mass is 10.1. The number of hydrogen-bond donors (Lipinski definition) is 1. The van der Waals surface area contributed by atoms with Crippen molar-refractivity contribution in [3.05, 3.63) is 40.3 Å². The molecule has 1 amide bonds. The molecule has 1 fully saturated rings. The van der Waals surface area contributed by atoms with Crippen molar-refractivity contribution < 1.29 is 9.53 Å². The largest absolute Gasteiger partial charge is 0.379 e. The van der Waals surface area contributed by atoms with Crippen LogP contribution in [0.2, 0.25) is 0 Å². The molecule has 1 saturated heterocycles. The number of rotatable bonds is 5. The smallest absolute Gasteiger partial charge is 0.274 e. The zero-order chi connectivity index (χ0) is 17.8. The molecule has 1 atom stereocenters. The SMILES string of the molecule is C[C@@H](CN1CCOCC1)NC(=O)Cc1nn(C)c(=O)c2ccccc12. The Morgan fingerprint density at radius 2 is 1.96 bits per heavy atom. The van der Waals surface area contributed by atoms with Gasteiger partial charge in [0.05, 0.1) is 30.7 Å². The van der Waals surface area contributed by atoms with Crippen molar-refractivity contribution in [2.24, 2.45) is 7.05 Å². The summed E-state index contributed by atoms with van der Waals surface area (Å²) in [5.74, 6) is -0.0861. The number of ether oxygens (including phenoxy) is 1. The molecule has 1 N–H and O–H groups in total. The van der Waals surface area contributed by atoms with Gasteiger partial charge in [0.25, 0.3) is 5.56 Å². The van der Waals surface area contributed by atoms with Crippen molar-refractivity contribution >= 4 is 16.7 Å². The van der Waals surface area contributed by atoms with Gasteiger partial charge < -0.3 is 10.1 Å². The van der Waals surface area contributed by atoms with Crippen molar-refractivity contribution in [2.45, 2.75) is 19.4 Å². The zero-order valence-corrected chi connectivity index (χ0v) is 14.7. The van der Waals surface area contributed by atoms with E-state index in [1.165, 1.54) is 4.68 Å². The van der Waals surface area contributed by atoms with Crippen LogP contribution < -0.4 is 10.9 Å². The first kappa shape index (κ1) is 17.6. The number of amides is 1. The molecule has 7 heteroatoms. The minimum absolute atomic E-state index is 0.0457. The van der Waals surface area contributed by atoms with Gasteiger partial charge in [0.1, 0.15) is 0 Å². The molecule has 134 valence electrons. The fourth-order valence-electron chi connectivity index (χ4n) is 3.20. The zero-order valence-electron chi connectivity index (χ0n) is 14.7. The third-order valence-corrected chi connectivity index (χ3v) is 4.40. The van der Waals surface area contributed by atoms with Crippen LogP contribution in [0, 0.1) is 0 Å². The number of aromatic nitrogens is 2. The van der Waals surface area contributed by atoms with Crippen molar-refractivity contribution in [3.8, 4) is 0 Å². The number of benzene rings is 1. The fraction of sp³-hybridized carbons (Fsp3) is 0.500. The summed E-state index contributed by atoms with van der Waals surface area (Å²) in [5.41, 5.74) is 0.467. The second kappa shape index (κ2) is 7.76. The highest BCUT2D eigenvalue weighted by atomic mass is 16.5. The highest BCUT2D eigenvalue weighted by Gasteiger charge is 2.17. The van der Waals surface area contributed by atoms with E-state index in [4.69, 9.17) is 4.74 Å². The average Bonchev–Trinajstić information content (AvgIpc) is 2.60. The van der Waals surface area contributed by atoms with Crippen LogP contribution in [0.15, 0.2) is 29.1 Å². The van der Waals surface area contributed by atoms with Crippen LogP contribution in [0.5, 0.6) is 0 Å². The summed E-state index contributed by atoms with van der Waals surface area (Å²) >= 11 is 0. The topological polar surface area (TPSA) is 76.5 Å². The molecule has 0 unspecified atom stereocenters. The molecule has 1 aromatic carbocycles. The molecule has 0 radical (unpaired) electrons. The average molecular weight is 344 g/mol. The van der Waals surface area contributed by atoms with Crippen molar-refractivity contribution in [2.75, 3.05) is 32.8 Å². The summed E-state index contributed by atoms with van der Waals surface area (Å²) < 4.78 is 6.63. The summed E-state index contributed by atoms with van der Waals surface area (Å²) in [6.07, 6.45) is 0.155. The quantitative estimate of drug-likeness (QED) is 0.845. The van der Waals surface area contributed by atoms with E-state index in [-0.39, 0.29) is 23.9 Å². The summed E-state index contributed by atoms with van der Waals surface area (Å²) in [5, 5.41) is 8.63. The number of morpholine rings is 1. The Bertz CT molecular complexity index is 812. The molecule has 1 aromatic heterocycles. The van der Waals surface area contributed by atoms with Crippen LogP contribution in [0.25, 0.3) is 10.8 Å². The molecule has 2 heterocycles. The fourth-order valence-corrected chi connectivity index (χ4v) is 3.20. The van der Waals surface area contributed by atoms with E-state index in [1.807, 2.05) is 25.1 Å². The van der Waals surface area contributed by atoms with Gasteiger partial charge in [-0.3, -0.25) is 14.5 Å². The first-order chi connectivity index (χ1) is 12.0. The predicted molar refractivity (Wildman–Crippen MR) is 95.6 cm³/mol. The Morgan fingerprint density at radius 1 is 1.28 bits per heavy atom. The number of nitrogens with zero attached hydrogens (tertiary/aromatic N) is 3. The molecule has 0 aliphatic carbocycles. The monoisotopic (exact) mass is 344 g/mol. The molecule has 7 nitrogen and oxygen atoms in total. The Labute approximate surface area is 146 Å². The standard InChI is InChI=1S/C18H24N4O3/c1-13(12-22-7-9-25-10-8-22)19-17(23)11-16-14-5-3-4-6-15(14)18(24)21(2)20-16/h3-6,13H,7-12H2,1-2H3,(H,19,23)/t13-/m0/s1. The van der Waals surface area contributed by atoms with Crippen LogP contribution >= 0.6 is 0 Å².